The summed E-state index contributed by atoms with van der Waals surface area (Å²) in [6.07, 6.45) is 48.0. The van der Waals surface area contributed by atoms with Crippen LogP contribution in [0.15, 0.2) is 25.3 Å². The summed E-state index contributed by atoms with van der Waals surface area (Å²) < 4.78 is 0. The van der Waals surface area contributed by atoms with Crippen molar-refractivity contribution in [2.24, 2.45) is 0 Å². The number of allylic oxidation sites excluding steroid dienone is 2. The van der Waals surface area contributed by atoms with Crippen LogP contribution in [0, 0.1) is 0 Å². The van der Waals surface area contributed by atoms with Gasteiger partial charge in [-0.1, -0.05) is 193 Å². The molecule has 0 saturated carbocycles. The maximum Gasteiger partial charge on any atom is 0.222 e. The van der Waals surface area contributed by atoms with E-state index < -0.39 is 0 Å². The van der Waals surface area contributed by atoms with Gasteiger partial charge in [0, 0.05) is 39.0 Å². The van der Waals surface area contributed by atoms with Crippen LogP contribution in [-0.2, 0) is 9.59 Å². The van der Waals surface area contributed by atoms with Gasteiger partial charge in [0.15, 0.2) is 0 Å². The summed E-state index contributed by atoms with van der Waals surface area (Å²) >= 11 is 0. The van der Waals surface area contributed by atoms with E-state index in [4.69, 9.17) is 0 Å². The molecule has 0 spiro atoms. The molecule has 0 heterocycles. The Bertz CT molecular complexity index is 716. The quantitative estimate of drug-likeness (QED) is 0.0463. The second-order valence-corrected chi connectivity index (χ2v) is 16.0. The molecular weight excluding hydrogens is 637 g/mol. The molecule has 4 heteroatoms. The largest absolute Gasteiger partial charge is 0.341 e. The molecule has 0 rings (SSSR count). The molecule has 2 amide bonds. The van der Waals surface area contributed by atoms with E-state index in [9.17, 15) is 9.59 Å². The van der Waals surface area contributed by atoms with Crippen molar-refractivity contribution in [1.82, 2.24) is 9.80 Å². The monoisotopic (exact) mass is 729 g/mol. The van der Waals surface area contributed by atoms with E-state index >= 15 is 0 Å². The Balaban J connectivity index is 5.00. The van der Waals surface area contributed by atoms with Gasteiger partial charge in [-0.2, -0.15) is 0 Å². The van der Waals surface area contributed by atoms with Crippen LogP contribution in [-0.4, -0.2) is 47.8 Å². The summed E-state index contributed by atoms with van der Waals surface area (Å²) in [5.74, 6) is 0.621. The van der Waals surface area contributed by atoms with Gasteiger partial charge in [0.2, 0.25) is 11.8 Å². The van der Waals surface area contributed by atoms with Crippen LogP contribution in [0.5, 0.6) is 0 Å². The van der Waals surface area contributed by atoms with Gasteiger partial charge >= 0.3 is 0 Å². The lowest BCUT2D eigenvalue weighted by molar-refractivity contribution is -0.135. The Morgan fingerprint density at radius 1 is 0.346 bits per heavy atom. The lowest BCUT2D eigenvalue weighted by atomic mass is 10.1. The van der Waals surface area contributed by atoms with Crippen LogP contribution in [0.4, 0.5) is 0 Å². The lowest BCUT2D eigenvalue weighted by Crippen LogP contribution is -2.42. The number of unbranched alkanes of at least 4 members (excludes halogenated alkanes) is 30. The maximum atomic E-state index is 13.6. The second-order valence-electron chi connectivity index (χ2n) is 16.0. The molecule has 0 fully saturated rings. The van der Waals surface area contributed by atoms with E-state index in [2.05, 4.69) is 36.8 Å². The fourth-order valence-corrected chi connectivity index (χ4v) is 7.40. The van der Waals surface area contributed by atoms with E-state index in [-0.39, 0.29) is 0 Å². The fourth-order valence-electron chi connectivity index (χ4n) is 7.40. The van der Waals surface area contributed by atoms with Crippen LogP contribution in [0.1, 0.15) is 245 Å². The molecular formula is C48H92N2O2. The van der Waals surface area contributed by atoms with Crippen LogP contribution in [0.2, 0.25) is 0 Å². The van der Waals surface area contributed by atoms with E-state index in [0.29, 0.717) is 37.7 Å². The van der Waals surface area contributed by atoms with E-state index in [0.717, 1.165) is 64.5 Å². The molecule has 0 N–H and O–H groups in total. The number of carbonyl (C=O) groups excluding carboxylic acids is 2. The van der Waals surface area contributed by atoms with Crippen LogP contribution >= 0.6 is 0 Å². The molecule has 306 valence electrons. The average molecular weight is 729 g/mol. The summed E-state index contributed by atoms with van der Waals surface area (Å²) in [5.41, 5.74) is 0. The lowest BCUT2D eigenvalue weighted by Gasteiger charge is -2.28. The standard InChI is InChI=1S/C48H92N2O2/c1-5-9-13-17-21-25-27-31-35-39-43-49(47(51)41-37-33-29-23-19-15-11-7-3)45-46-50(44-40-36-32-28-26-22-18-14-10-6-2)48(52)42-38-34-30-24-20-16-12-8-4/h7-8H,3-6,9-46H2,1-2H3. The molecule has 0 aliphatic rings. The average Bonchev–Trinajstić information content (AvgIpc) is 3.15. The van der Waals surface area contributed by atoms with Gasteiger partial charge in [-0.15, -0.1) is 13.2 Å². The first-order chi connectivity index (χ1) is 25.6. The Kier molecular flexibility index (Phi) is 40.9. The zero-order valence-electron chi connectivity index (χ0n) is 35.6. The van der Waals surface area contributed by atoms with Crippen molar-refractivity contribution in [2.75, 3.05) is 26.2 Å². The molecule has 4 nitrogen and oxygen atoms in total. The van der Waals surface area contributed by atoms with E-state index in [1.807, 2.05) is 12.2 Å². The minimum absolute atomic E-state index is 0.311. The van der Waals surface area contributed by atoms with Gasteiger partial charge < -0.3 is 9.80 Å². The molecule has 0 radical (unpaired) electrons. The van der Waals surface area contributed by atoms with Crippen molar-refractivity contribution in [3.8, 4) is 0 Å². The van der Waals surface area contributed by atoms with Crippen LogP contribution in [0.25, 0.3) is 0 Å². The zero-order valence-corrected chi connectivity index (χ0v) is 35.6. The molecule has 52 heavy (non-hydrogen) atoms. The molecule has 0 aliphatic carbocycles. The van der Waals surface area contributed by atoms with Crippen molar-refractivity contribution in [1.29, 1.82) is 0 Å². The molecule has 0 unspecified atom stereocenters. The molecule has 0 aromatic rings. The highest BCUT2D eigenvalue weighted by molar-refractivity contribution is 5.77. The highest BCUT2D eigenvalue weighted by Crippen LogP contribution is 2.16. The second kappa shape index (κ2) is 42.2. The van der Waals surface area contributed by atoms with Gasteiger partial charge in [-0.25, -0.2) is 0 Å². The van der Waals surface area contributed by atoms with Crippen molar-refractivity contribution in [2.45, 2.75) is 245 Å². The number of hydrogen-bond acceptors (Lipinski definition) is 2. The fraction of sp³-hybridized carbons (Fsp3) is 0.875. The van der Waals surface area contributed by atoms with Gasteiger partial charge in [0.25, 0.3) is 0 Å². The van der Waals surface area contributed by atoms with Gasteiger partial charge in [-0.3, -0.25) is 9.59 Å². The third-order valence-electron chi connectivity index (χ3n) is 11.0. The Morgan fingerprint density at radius 3 is 0.885 bits per heavy atom. The third-order valence-corrected chi connectivity index (χ3v) is 11.0. The molecule has 0 aromatic carbocycles. The summed E-state index contributed by atoms with van der Waals surface area (Å²) in [7, 11) is 0. The number of rotatable bonds is 43. The SMILES string of the molecule is C=CCCCCCCCCC(=O)N(CCCCCCCCCCCC)CCN(CCCCCCCCCCCC)C(=O)CCCCCCCCC=C. The van der Waals surface area contributed by atoms with Crippen molar-refractivity contribution in [3.63, 3.8) is 0 Å². The molecule has 0 aliphatic heterocycles. The first kappa shape index (κ1) is 50.4. The van der Waals surface area contributed by atoms with E-state index in [1.54, 1.807) is 0 Å². The Hall–Kier alpha value is -1.58. The van der Waals surface area contributed by atoms with Crippen LogP contribution < -0.4 is 0 Å². The smallest absolute Gasteiger partial charge is 0.222 e. The Morgan fingerprint density at radius 2 is 0.596 bits per heavy atom. The number of amides is 2. The highest BCUT2D eigenvalue weighted by atomic mass is 16.2. The predicted molar refractivity (Wildman–Crippen MR) is 231 cm³/mol. The van der Waals surface area contributed by atoms with Gasteiger partial charge in [-0.05, 0) is 51.4 Å². The summed E-state index contributed by atoms with van der Waals surface area (Å²) in [4.78, 5) is 31.4. The molecule has 0 atom stereocenters. The zero-order chi connectivity index (χ0) is 38.0. The third kappa shape index (κ3) is 35.4. The summed E-state index contributed by atoms with van der Waals surface area (Å²) in [6, 6.07) is 0. The first-order valence-corrected chi connectivity index (χ1v) is 23.4. The van der Waals surface area contributed by atoms with Gasteiger partial charge in [0.1, 0.15) is 0 Å². The number of carbonyl (C=O) groups is 2. The van der Waals surface area contributed by atoms with Gasteiger partial charge in [0.05, 0.1) is 0 Å². The minimum atomic E-state index is 0.311. The maximum absolute atomic E-state index is 13.6. The van der Waals surface area contributed by atoms with Crippen molar-refractivity contribution < 1.29 is 9.59 Å². The van der Waals surface area contributed by atoms with Crippen LogP contribution in [0.3, 0.4) is 0 Å². The highest BCUT2D eigenvalue weighted by Gasteiger charge is 2.18. The predicted octanol–water partition coefficient (Wildman–Crippen LogP) is 15.1. The molecule has 0 aromatic heterocycles. The number of hydrogen-bond donors (Lipinski definition) is 0. The topological polar surface area (TPSA) is 40.6 Å². The van der Waals surface area contributed by atoms with Crippen molar-refractivity contribution >= 4 is 11.8 Å². The minimum Gasteiger partial charge on any atom is -0.341 e. The summed E-state index contributed by atoms with van der Waals surface area (Å²) in [5, 5.41) is 0. The normalized spacial score (nSPS) is 11.2. The summed E-state index contributed by atoms with van der Waals surface area (Å²) in [6.45, 7) is 15.3. The Labute approximate surface area is 326 Å². The first-order valence-electron chi connectivity index (χ1n) is 23.4. The molecule has 0 bridgehead atoms. The number of nitrogens with zero attached hydrogens (tertiary/aromatic N) is 2. The molecule has 0 saturated heterocycles. The van der Waals surface area contributed by atoms with Crippen molar-refractivity contribution in [3.05, 3.63) is 25.3 Å². The van der Waals surface area contributed by atoms with E-state index in [1.165, 1.54) is 167 Å².